The van der Waals surface area contributed by atoms with Crippen molar-refractivity contribution in [3.05, 3.63) is 354 Å². The highest BCUT2D eigenvalue weighted by Gasteiger charge is 2.20. The average Bonchev–Trinajstić information content (AvgIpc) is 1.60. The van der Waals surface area contributed by atoms with Crippen LogP contribution < -0.4 is 4.73 Å². The van der Waals surface area contributed by atoms with Crippen molar-refractivity contribution in [2.75, 3.05) is 0 Å². The molecule has 9 aromatic heterocycles. The number of hydrogen-bond acceptors (Lipinski definition) is 13. The van der Waals surface area contributed by atoms with Gasteiger partial charge in [0.1, 0.15) is 69.3 Å². The highest BCUT2D eigenvalue weighted by Crippen LogP contribution is 2.31. The lowest BCUT2D eigenvalue weighted by molar-refractivity contribution is -0.905. The number of carboxylic acids is 1. The summed E-state index contributed by atoms with van der Waals surface area (Å²) in [5.74, 6) is -6.51. The van der Waals surface area contributed by atoms with E-state index in [-0.39, 0.29) is 45.1 Å². The maximum absolute atomic E-state index is 13.4. The number of ketones is 2. The Labute approximate surface area is 584 Å². The minimum Gasteiger partial charge on any atom is -0.477 e. The average molecular weight is 1410 g/mol. The van der Waals surface area contributed by atoms with Crippen molar-refractivity contribution >= 4 is 61.1 Å². The zero-order valence-corrected chi connectivity index (χ0v) is 54.0. The van der Waals surface area contributed by atoms with Crippen molar-refractivity contribution in [3.63, 3.8) is 0 Å². The Morgan fingerprint density at radius 2 is 1.01 bits per heavy atom. The van der Waals surface area contributed by atoms with Crippen molar-refractivity contribution in [2.45, 2.75) is 6.10 Å². The minimum atomic E-state index is -1.18. The SMILES string of the molecule is Cn1nc(-c2cccc(F)c2)c2ccncc21.Fc1cccc(-c2n[nH]c3cnccc23)c1.O=C(O)c1ccc2[nH]nc(-c3ccc4ccccc4c3)c2n1.O=C(c1cccc(F)c1)c1cc[n+](O)cc1F.O=C(c1cccc(F)c1)c1ccncc1F.OC(c1cccc(F)c1)c1ccncc1F. The van der Waals surface area contributed by atoms with E-state index in [2.05, 4.69) is 50.4 Å². The fourth-order valence-corrected chi connectivity index (χ4v) is 10.5. The molecule has 0 spiro atoms. The van der Waals surface area contributed by atoms with Crippen LogP contribution in [0.15, 0.2) is 268 Å². The van der Waals surface area contributed by atoms with Gasteiger partial charge >= 0.3 is 5.97 Å². The summed E-state index contributed by atoms with van der Waals surface area (Å²) < 4.78 is 107. The molecule has 0 fully saturated rings. The van der Waals surface area contributed by atoms with Crippen LogP contribution in [0.2, 0.25) is 0 Å². The van der Waals surface area contributed by atoms with Gasteiger partial charge in [-0.2, -0.15) is 19.7 Å². The molecule has 26 heteroatoms. The van der Waals surface area contributed by atoms with Crippen LogP contribution in [0.5, 0.6) is 0 Å². The summed E-state index contributed by atoms with van der Waals surface area (Å²) in [6.45, 7) is 0. The third-order valence-electron chi connectivity index (χ3n) is 15.5. The van der Waals surface area contributed by atoms with Gasteiger partial charge < -0.3 is 10.2 Å². The molecule has 16 aromatic rings. The molecule has 516 valence electrons. The van der Waals surface area contributed by atoms with Crippen LogP contribution in [0.25, 0.3) is 77.4 Å². The number of H-pyrrole nitrogens is 2. The molecular weight excluding hydrogens is 1350 g/mol. The number of nitrogens with zero attached hydrogens (tertiary/aromatic N) is 10. The van der Waals surface area contributed by atoms with E-state index >= 15 is 0 Å². The molecule has 0 aliphatic heterocycles. The number of fused-ring (bicyclic) bond motifs is 4. The molecule has 1 atom stereocenters. The summed E-state index contributed by atoms with van der Waals surface area (Å²) in [4.78, 5) is 54.1. The molecule has 0 saturated carbocycles. The lowest BCUT2D eigenvalue weighted by atomic mass is 10.0. The summed E-state index contributed by atoms with van der Waals surface area (Å²) in [6.07, 6.45) is 12.2. The minimum absolute atomic E-state index is 0.0101. The van der Waals surface area contributed by atoms with Gasteiger partial charge in [0, 0.05) is 86.8 Å². The summed E-state index contributed by atoms with van der Waals surface area (Å²) in [7, 11) is 1.85. The molecule has 104 heavy (non-hydrogen) atoms. The maximum atomic E-state index is 13.4. The number of aromatic carboxylic acids is 1. The van der Waals surface area contributed by atoms with E-state index in [9.17, 15) is 54.6 Å². The van der Waals surface area contributed by atoms with Crippen LogP contribution in [0.1, 0.15) is 59.6 Å². The normalized spacial score (nSPS) is 10.9. The van der Waals surface area contributed by atoms with Crippen LogP contribution in [0.4, 0.5) is 35.1 Å². The molecule has 5 N–H and O–H groups in total. The van der Waals surface area contributed by atoms with E-state index in [1.54, 1.807) is 47.7 Å². The summed E-state index contributed by atoms with van der Waals surface area (Å²) in [5.41, 5.74) is 7.94. The van der Waals surface area contributed by atoms with E-state index in [0.29, 0.717) is 27.0 Å². The molecule has 1 unspecified atom stereocenters. The number of carboxylic acid groups (broad SMARTS) is 1. The number of aromatic nitrogens is 12. The van der Waals surface area contributed by atoms with Crippen LogP contribution in [-0.2, 0) is 7.05 Å². The van der Waals surface area contributed by atoms with Crippen molar-refractivity contribution in [1.82, 2.24) is 55.1 Å². The third-order valence-corrected chi connectivity index (χ3v) is 15.5. The second-order valence-electron chi connectivity index (χ2n) is 22.4. The predicted octanol–water partition coefficient (Wildman–Crippen LogP) is 15.8. The van der Waals surface area contributed by atoms with E-state index in [1.165, 1.54) is 116 Å². The number of aryl methyl sites for hydroxylation is 1. The van der Waals surface area contributed by atoms with Gasteiger partial charge in [-0.1, -0.05) is 97.1 Å². The van der Waals surface area contributed by atoms with Gasteiger partial charge in [-0.3, -0.25) is 49.6 Å². The van der Waals surface area contributed by atoms with Crippen LogP contribution >= 0.6 is 0 Å². The van der Waals surface area contributed by atoms with Gasteiger partial charge in [0.25, 0.3) is 6.20 Å². The molecule has 0 aliphatic rings. The number of carbonyl (C=O) groups excluding carboxylic acids is 2. The Morgan fingerprint density at radius 1 is 0.471 bits per heavy atom. The van der Waals surface area contributed by atoms with Gasteiger partial charge in [0.05, 0.1) is 52.5 Å². The van der Waals surface area contributed by atoms with Gasteiger partial charge in [0.2, 0.25) is 12.0 Å². The molecule has 9 heterocycles. The topological polar surface area (TPSA) is 255 Å². The first-order valence-corrected chi connectivity index (χ1v) is 31.0. The predicted molar refractivity (Wildman–Crippen MR) is 369 cm³/mol. The largest absolute Gasteiger partial charge is 0.477 e. The number of hydrogen-bond donors (Lipinski definition) is 5. The molecule has 0 amide bonds. The second-order valence-corrected chi connectivity index (χ2v) is 22.4. The number of pyridine rings is 6. The highest BCUT2D eigenvalue weighted by atomic mass is 19.2. The zero-order valence-electron chi connectivity index (χ0n) is 54.0. The molecule has 0 bridgehead atoms. The Kier molecular flexibility index (Phi) is 22.6. The number of benzene rings is 7. The van der Waals surface area contributed by atoms with Gasteiger partial charge in [-0.15, -0.1) is 0 Å². The van der Waals surface area contributed by atoms with Crippen molar-refractivity contribution in [1.29, 1.82) is 0 Å². The van der Waals surface area contributed by atoms with E-state index < -0.39 is 58.5 Å². The second kappa shape index (κ2) is 32.9. The number of rotatable bonds is 10. The monoisotopic (exact) mass is 1410 g/mol. The highest BCUT2D eigenvalue weighted by molar-refractivity contribution is 6.09. The molecule has 0 radical (unpaired) electrons. The molecule has 0 saturated heterocycles. The van der Waals surface area contributed by atoms with Gasteiger partial charge in [0.15, 0.2) is 17.4 Å². The van der Waals surface area contributed by atoms with Crippen LogP contribution in [0.3, 0.4) is 0 Å². The first kappa shape index (κ1) is 71.4. The fourth-order valence-electron chi connectivity index (χ4n) is 10.5. The zero-order chi connectivity index (χ0) is 73.4. The molecule has 18 nitrogen and oxygen atoms in total. The Morgan fingerprint density at radius 3 is 1.63 bits per heavy atom. The molecule has 0 aliphatic carbocycles. The summed E-state index contributed by atoms with van der Waals surface area (Å²) >= 11 is 0. The first-order chi connectivity index (χ1) is 50.3. The van der Waals surface area contributed by atoms with E-state index in [4.69, 9.17) is 10.3 Å². The van der Waals surface area contributed by atoms with Crippen molar-refractivity contribution in [2.24, 2.45) is 7.05 Å². The maximum Gasteiger partial charge on any atom is 0.354 e. The molecule has 16 rings (SSSR count). The lowest BCUT2D eigenvalue weighted by Gasteiger charge is -2.11. The van der Waals surface area contributed by atoms with Gasteiger partial charge in [-0.05, 0) is 119 Å². The fraction of sp³-hybridized carbons (Fsp3) is 0.0256. The Hall–Kier alpha value is -13.9. The number of aliphatic hydroxyl groups excluding tert-OH is 1. The molecular formula is C78H53F8N12O6+. The van der Waals surface area contributed by atoms with E-state index in [1.807, 2.05) is 73.8 Å². The molecule has 7 aromatic carbocycles. The number of carbonyl (C=O) groups is 3. The smallest absolute Gasteiger partial charge is 0.354 e. The number of aliphatic hydroxyl groups is 1. The lowest BCUT2D eigenvalue weighted by Crippen LogP contribution is -2.30. The number of nitrogens with one attached hydrogen (secondary N) is 2. The Balaban J connectivity index is 0.000000126. The van der Waals surface area contributed by atoms with Crippen molar-refractivity contribution in [3.8, 4) is 33.8 Å². The summed E-state index contributed by atoms with van der Waals surface area (Å²) in [6, 6.07) is 53.1. The first-order valence-electron chi connectivity index (χ1n) is 31.0. The van der Waals surface area contributed by atoms with Crippen LogP contribution in [-0.4, -0.2) is 88.1 Å². The van der Waals surface area contributed by atoms with Crippen molar-refractivity contribution < 1.29 is 69.7 Å². The number of halogens is 8. The van der Waals surface area contributed by atoms with E-state index in [0.717, 1.165) is 104 Å². The quantitative estimate of drug-likeness (QED) is 0.0369. The standard InChI is InChI=1S/C17H11N3O2.C13H10FN3.C12H8F2NO2.C12H9F2NO.C12H7F2NO.C12H8FN3/c21-17(22)14-8-7-13-16(18-14)15(20-19-13)12-6-5-10-3-1-2-4-11(10)9-12;1-17-12-8-15-6-5-11(12)13(16-17)9-3-2-4-10(14)7-9;13-9-3-1-2-8(6-9)12(16)10-4-5-15(17)7-11(10)14;2*13-9-3-1-2-8(6-9)12(16)10-4-5-15-7-11(10)14;13-9-3-1-2-8(6-9)12-10-4-5-14-7-11(10)15-16-12/h1-9H,(H,19,20)(H,21,22);2-8H,1H3;1-7,17H;1-7,12,16H;1-7H;1-7H,(H,15,16)/q;;+1;;;. The van der Waals surface area contributed by atoms with Crippen LogP contribution in [0, 0.1) is 46.5 Å². The third kappa shape index (κ3) is 17.4. The Bertz CT molecular complexity index is 5780. The van der Waals surface area contributed by atoms with Gasteiger partial charge in [-0.25, -0.2) is 40.5 Å². The number of aromatic amines is 2. The summed E-state index contributed by atoms with van der Waals surface area (Å²) in [5, 5.41) is 50.7.